The molecular formula is C16H17FO2. The summed E-state index contributed by atoms with van der Waals surface area (Å²) in [6, 6.07) is 10.2. The van der Waals surface area contributed by atoms with Crippen LogP contribution in [0, 0.1) is 19.7 Å². The molecule has 0 aliphatic carbocycles. The Morgan fingerprint density at radius 1 is 1.11 bits per heavy atom. The van der Waals surface area contributed by atoms with Crippen molar-refractivity contribution in [3.63, 3.8) is 0 Å². The van der Waals surface area contributed by atoms with E-state index in [1.54, 1.807) is 12.1 Å². The van der Waals surface area contributed by atoms with E-state index in [4.69, 9.17) is 4.74 Å². The summed E-state index contributed by atoms with van der Waals surface area (Å²) in [7, 11) is 1.48. The lowest BCUT2D eigenvalue weighted by atomic mass is 9.93. The number of rotatable bonds is 3. The Bertz CT molecular complexity index is 573. The van der Waals surface area contributed by atoms with Crippen LogP contribution < -0.4 is 4.74 Å². The smallest absolute Gasteiger partial charge is 0.133 e. The molecule has 0 aromatic heterocycles. The fraction of sp³-hybridized carbons (Fsp3) is 0.250. The van der Waals surface area contributed by atoms with Crippen LogP contribution in [-0.2, 0) is 0 Å². The van der Waals surface area contributed by atoms with Crippen LogP contribution in [0.15, 0.2) is 36.4 Å². The van der Waals surface area contributed by atoms with E-state index in [1.165, 1.54) is 13.2 Å². The Hall–Kier alpha value is -1.87. The predicted molar refractivity (Wildman–Crippen MR) is 72.9 cm³/mol. The van der Waals surface area contributed by atoms with E-state index in [-0.39, 0.29) is 5.56 Å². The molecule has 0 spiro atoms. The minimum absolute atomic E-state index is 0.262. The van der Waals surface area contributed by atoms with Gasteiger partial charge in [0, 0.05) is 11.6 Å². The maximum Gasteiger partial charge on any atom is 0.133 e. The van der Waals surface area contributed by atoms with Gasteiger partial charge in [0.15, 0.2) is 0 Å². The molecular weight excluding hydrogens is 243 g/mol. The molecule has 0 radical (unpaired) electrons. The van der Waals surface area contributed by atoms with Gasteiger partial charge in [0.05, 0.1) is 7.11 Å². The molecule has 3 heteroatoms. The third-order valence-electron chi connectivity index (χ3n) is 3.32. The van der Waals surface area contributed by atoms with E-state index in [0.717, 1.165) is 16.7 Å². The van der Waals surface area contributed by atoms with Crippen LogP contribution in [0.4, 0.5) is 4.39 Å². The Morgan fingerprint density at radius 2 is 1.74 bits per heavy atom. The average molecular weight is 260 g/mol. The number of ether oxygens (including phenoxy) is 1. The first-order valence-corrected chi connectivity index (χ1v) is 6.12. The van der Waals surface area contributed by atoms with Crippen LogP contribution in [0.2, 0.25) is 0 Å². The standard InChI is InChI=1S/C16H17FO2/c1-10-5-4-6-11(2)15(10)16(18)13-8-7-12(19-3)9-14(13)17/h4-9,16,18H,1-3H3. The molecule has 0 heterocycles. The van der Waals surface area contributed by atoms with Crippen LogP contribution in [0.3, 0.4) is 0 Å². The molecule has 2 aromatic rings. The zero-order valence-corrected chi connectivity index (χ0v) is 11.3. The van der Waals surface area contributed by atoms with Gasteiger partial charge in [0.1, 0.15) is 17.7 Å². The van der Waals surface area contributed by atoms with Crippen molar-refractivity contribution in [2.24, 2.45) is 0 Å². The zero-order valence-electron chi connectivity index (χ0n) is 11.3. The fourth-order valence-corrected chi connectivity index (χ4v) is 2.27. The van der Waals surface area contributed by atoms with Gasteiger partial charge < -0.3 is 9.84 Å². The zero-order chi connectivity index (χ0) is 14.0. The van der Waals surface area contributed by atoms with Crippen LogP contribution in [0.1, 0.15) is 28.4 Å². The summed E-state index contributed by atoms with van der Waals surface area (Å²) in [6.07, 6.45) is -0.966. The maximum atomic E-state index is 14.0. The normalized spacial score (nSPS) is 12.3. The van der Waals surface area contributed by atoms with Gasteiger partial charge in [-0.1, -0.05) is 18.2 Å². The third-order valence-corrected chi connectivity index (χ3v) is 3.32. The molecule has 0 amide bonds. The number of hydrogen-bond donors (Lipinski definition) is 1. The summed E-state index contributed by atoms with van der Waals surface area (Å²) < 4.78 is 19.0. The van der Waals surface area contributed by atoms with Crippen LogP contribution >= 0.6 is 0 Å². The van der Waals surface area contributed by atoms with E-state index in [1.807, 2.05) is 32.0 Å². The molecule has 2 aromatic carbocycles. The van der Waals surface area contributed by atoms with Crippen LogP contribution in [0.25, 0.3) is 0 Å². The fourth-order valence-electron chi connectivity index (χ4n) is 2.27. The highest BCUT2D eigenvalue weighted by Gasteiger charge is 2.19. The number of benzene rings is 2. The predicted octanol–water partition coefficient (Wildman–Crippen LogP) is 3.53. The van der Waals surface area contributed by atoms with E-state index < -0.39 is 11.9 Å². The number of aliphatic hydroxyl groups excluding tert-OH is 1. The summed E-state index contributed by atoms with van der Waals surface area (Å²) >= 11 is 0. The lowest BCUT2D eigenvalue weighted by molar-refractivity contribution is 0.213. The lowest BCUT2D eigenvalue weighted by Crippen LogP contribution is -2.06. The number of methoxy groups -OCH3 is 1. The molecule has 1 N–H and O–H groups in total. The first-order chi connectivity index (χ1) is 9.04. The summed E-state index contributed by atoms with van der Waals surface area (Å²) in [4.78, 5) is 0. The molecule has 0 aliphatic rings. The number of aryl methyl sites for hydroxylation is 2. The minimum atomic E-state index is -0.966. The van der Waals surface area contributed by atoms with Crippen LogP contribution in [-0.4, -0.2) is 12.2 Å². The van der Waals surface area contributed by atoms with Crippen molar-refractivity contribution in [2.45, 2.75) is 20.0 Å². The van der Waals surface area contributed by atoms with E-state index >= 15 is 0 Å². The van der Waals surface area contributed by atoms with Crippen molar-refractivity contribution in [2.75, 3.05) is 7.11 Å². The first kappa shape index (κ1) is 13.6. The minimum Gasteiger partial charge on any atom is -0.497 e. The quantitative estimate of drug-likeness (QED) is 0.914. The molecule has 0 aliphatic heterocycles. The number of hydrogen-bond acceptors (Lipinski definition) is 2. The Kier molecular flexibility index (Phi) is 3.86. The molecule has 0 saturated carbocycles. The number of aliphatic hydroxyl groups is 1. The van der Waals surface area contributed by atoms with Gasteiger partial charge in [0.25, 0.3) is 0 Å². The molecule has 1 unspecified atom stereocenters. The second-order valence-electron chi connectivity index (χ2n) is 4.60. The van der Waals surface area contributed by atoms with Gasteiger partial charge in [-0.2, -0.15) is 0 Å². The Labute approximate surface area is 112 Å². The molecule has 100 valence electrons. The van der Waals surface area contributed by atoms with Crippen molar-refractivity contribution in [3.05, 3.63) is 64.5 Å². The summed E-state index contributed by atoms with van der Waals surface area (Å²) in [5, 5.41) is 10.4. The highest BCUT2D eigenvalue weighted by molar-refractivity contribution is 5.42. The number of halogens is 1. The SMILES string of the molecule is COc1ccc(C(O)c2c(C)cccc2C)c(F)c1. The van der Waals surface area contributed by atoms with E-state index in [9.17, 15) is 9.50 Å². The highest BCUT2D eigenvalue weighted by atomic mass is 19.1. The monoisotopic (exact) mass is 260 g/mol. The van der Waals surface area contributed by atoms with Gasteiger partial charge in [-0.3, -0.25) is 0 Å². The van der Waals surface area contributed by atoms with Crippen molar-refractivity contribution in [1.29, 1.82) is 0 Å². The van der Waals surface area contributed by atoms with Gasteiger partial charge in [-0.15, -0.1) is 0 Å². The molecule has 0 saturated heterocycles. The second kappa shape index (κ2) is 5.41. The highest BCUT2D eigenvalue weighted by Crippen LogP contribution is 2.30. The topological polar surface area (TPSA) is 29.5 Å². The molecule has 19 heavy (non-hydrogen) atoms. The molecule has 0 bridgehead atoms. The van der Waals surface area contributed by atoms with Crippen molar-refractivity contribution in [1.82, 2.24) is 0 Å². The molecule has 2 nitrogen and oxygen atoms in total. The summed E-state index contributed by atoms with van der Waals surface area (Å²) in [6.45, 7) is 3.82. The first-order valence-electron chi connectivity index (χ1n) is 6.12. The van der Waals surface area contributed by atoms with E-state index in [0.29, 0.717) is 5.75 Å². The molecule has 0 fully saturated rings. The van der Waals surface area contributed by atoms with Gasteiger partial charge in [0.2, 0.25) is 0 Å². The Balaban J connectivity index is 2.47. The van der Waals surface area contributed by atoms with Gasteiger partial charge in [-0.05, 0) is 42.7 Å². The van der Waals surface area contributed by atoms with Gasteiger partial charge >= 0.3 is 0 Å². The van der Waals surface area contributed by atoms with Crippen molar-refractivity contribution >= 4 is 0 Å². The van der Waals surface area contributed by atoms with E-state index in [2.05, 4.69) is 0 Å². The lowest BCUT2D eigenvalue weighted by Gasteiger charge is -2.17. The maximum absolute atomic E-state index is 14.0. The van der Waals surface area contributed by atoms with Crippen molar-refractivity contribution < 1.29 is 14.2 Å². The Morgan fingerprint density at radius 3 is 2.26 bits per heavy atom. The second-order valence-corrected chi connectivity index (χ2v) is 4.60. The molecule has 1 atom stereocenters. The average Bonchev–Trinajstić information content (AvgIpc) is 2.38. The van der Waals surface area contributed by atoms with Crippen molar-refractivity contribution in [3.8, 4) is 5.75 Å². The summed E-state index contributed by atoms with van der Waals surface area (Å²) in [5.41, 5.74) is 2.91. The van der Waals surface area contributed by atoms with Crippen LogP contribution in [0.5, 0.6) is 5.75 Å². The largest absolute Gasteiger partial charge is 0.497 e. The molecule has 2 rings (SSSR count). The summed E-state index contributed by atoms with van der Waals surface area (Å²) in [5.74, 6) is -0.0236. The third kappa shape index (κ3) is 2.61. The van der Waals surface area contributed by atoms with Gasteiger partial charge in [-0.25, -0.2) is 4.39 Å².